The Bertz CT molecular complexity index is 1800. The zero-order valence-electron chi connectivity index (χ0n) is 23.5. The number of esters is 1. The summed E-state index contributed by atoms with van der Waals surface area (Å²) in [6, 6.07) is 16.1. The van der Waals surface area contributed by atoms with Gasteiger partial charge in [0.2, 0.25) is 0 Å². The van der Waals surface area contributed by atoms with Crippen molar-refractivity contribution in [2.75, 3.05) is 12.4 Å². The molecule has 1 saturated carbocycles. The Morgan fingerprint density at radius 3 is 2.63 bits per heavy atom. The van der Waals surface area contributed by atoms with Crippen LogP contribution >= 0.6 is 23.2 Å². The maximum absolute atomic E-state index is 13.4. The zero-order chi connectivity index (χ0) is 29.9. The second-order valence-corrected chi connectivity index (χ2v) is 11.4. The molecule has 1 aliphatic carbocycles. The average Bonchev–Trinajstić information content (AvgIpc) is 3.81. The molecular formula is C32H29Cl2N7O2. The number of rotatable bonds is 9. The van der Waals surface area contributed by atoms with Crippen LogP contribution in [0.2, 0.25) is 10.0 Å². The molecule has 0 amide bonds. The summed E-state index contributed by atoms with van der Waals surface area (Å²) < 4.78 is 8.98. The summed E-state index contributed by atoms with van der Waals surface area (Å²) in [6.45, 7) is 0. The summed E-state index contributed by atoms with van der Waals surface area (Å²) in [7, 11) is 1.36. The number of aromatic nitrogens is 5. The molecule has 0 spiro atoms. The third-order valence-electron chi connectivity index (χ3n) is 8.15. The molecule has 5 aromatic rings. The number of methoxy groups -OCH3 is 1. The van der Waals surface area contributed by atoms with E-state index in [4.69, 9.17) is 27.9 Å². The third kappa shape index (κ3) is 5.56. The van der Waals surface area contributed by atoms with Gasteiger partial charge in [0, 0.05) is 34.6 Å². The van der Waals surface area contributed by atoms with Gasteiger partial charge < -0.3 is 14.6 Å². The summed E-state index contributed by atoms with van der Waals surface area (Å²) >= 11 is 12.9. The Morgan fingerprint density at radius 1 is 1.12 bits per heavy atom. The largest absolute Gasteiger partial charge is 0.467 e. The van der Waals surface area contributed by atoms with Crippen molar-refractivity contribution >= 4 is 51.6 Å². The van der Waals surface area contributed by atoms with E-state index in [0.29, 0.717) is 50.7 Å². The van der Waals surface area contributed by atoms with Gasteiger partial charge in [-0.05, 0) is 43.0 Å². The maximum Gasteiger partial charge on any atom is 0.333 e. The lowest BCUT2D eigenvalue weighted by atomic mass is 9.96. The van der Waals surface area contributed by atoms with Crippen molar-refractivity contribution in [3.63, 3.8) is 0 Å². The van der Waals surface area contributed by atoms with Gasteiger partial charge in [-0.1, -0.05) is 60.3 Å². The van der Waals surface area contributed by atoms with Crippen molar-refractivity contribution < 1.29 is 9.53 Å². The number of nitrogens with zero attached hydrogens (tertiary/aromatic N) is 6. The lowest BCUT2D eigenvalue weighted by Gasteiger charge is -2.22. The average molecular weight is 615 g/mol. The number of benzene rings is 2. The molecule has 0 radical (unpaired) electrons. The topological polar surface area (TPSA) is 111 Å². The first-order valence-electron chi connectivity index (χ1n) is 14.1. The number of hydrogen-bond acceptors (Lipinski definition) is 7. The first-order valence-corrected chi connectivity index (χ1v) is 14.9. The Morgan fingerprint density at radius 2 is 1.88 bits per heavy atom. The number of hydrogen-bond donors (Lipinski definition) is 1. The molecule has 6 rings (SSSR count). The van der Waals surface area contributed by atoms with Gasteiger partial charge in [0.15, 0.2) is 6.04 Å². The van der Waals surface area contributed by atoms with Gasteiger partial charge in [-0.15, -0.1) is 0 Å². The number of carbonyl (C=O) groups is 1. The van der Waals surface area contributed by atoms with E-state index in [0.717, 1.165) is 23.8 Å². The number of nitrogens with one attached hydrogen (secondary N) is 1. The van der Waals surface area contributed by atoms with Gasteiger partial charge in [-0.25, -0.2) is 14.8 Å². The quantitative estimate of drug-likeness (QED) is 0.169. The second kappa shape index (κ2) is 12.5. The highest BCUT2D eigenvalue weighted by atomic mass is 35.5. The fraction of sp³-hybridized carbons (Fsp3) is 0.281. The standard InChI is InChI=1S/C32H29Cl2N7O2/c1-43-32(42)30(22-9-4-5-12-26(22)39-29-24(33)10-6-11-25(29)34)40-16-14-23-28(36-19-37-31(23)40)21-17-38-41(18-21)27(13-15-35)20-7-2-3-8-20/h4-6,9-12,14,16-20,27,30,39H,2-3,7-8,13H2,1H3/t27-,30-/m1/s1. The summed E-state index contributed by atoms with van der Waals surface area (Å²) in [5.74, 6) is -0.0325. The molecule has 2 atom stereocenters. The van der Waals surface area contributed by atoms with Crippen LogP contribution in [0.5, 0.6) is 0 Å². The molecule has 0 aliphatic heterocycles. The number of halogens is 2. The molecule has 3 heterocycles. The molecular weight excluding hydrogens is 585 g/mol. The highest BCUT2D eigenvalue weighted by Crippen LogP contribution is 2.39. The molecule has 9 nitrogen and oxygen atoms in total. The van der Waals surface area contributed by atoms with E-state index in [1.807, 2.05) is 47.4 Å². The Labute approximate surface area is 259 Å². The number of anilines is 2. The van der Waals surface area contributed by atoms with Gasteiger partial charge >= 0.3 is 5.97 Å². The predicted octanol–water partition coefficient (Wildman–Crippen LogP) is 7.75. The van der Waals surface area contributed by atoms with E-state index in [9.17, 15) is 10.1 Å². The Kier molecular flexibility index (Phi) is 8.32. The van der Waals surface area contributed by atoms with Crippen LogP contribution in [0, 0.1) is 17.2 Å². The molecule has 0 unspecified atom stereocenters. The Hall–Kier alpha value is -4.39. The van der Waals surface area contributed by atoms with Gasteiger partial charge in [0.1, 0.15) is 12.0 Å². The molecule has 1 N–H and O–H groups in total. The normalized spacial score (nSPS) is 14.8. The zero-order valence-corrected chi connectivity index (χ0v) is 25.0. The van der Waals surface area contributed by atoms with E-state index < -0.39 is 12.0 Å². The van der Waals surface area contributed by atoms with E-state index in [1.54, 1.807) is 29.0 Å². The lowest BCUT2D eigenvalue weighted by Crippen LogP contribution is -2.23. The molecule has 218 valence electrons. The van der Waals surface area contributed by atoms with Crippen LogP contribution in [-0.2, 0) is 9.53 Å². The summed E-state index contributed by atoms with van der Waals surface area (Å²) in [6.07, 6.45) is 12.0. The van der Waals surface area contributed by atoms with Gasteiger partial charge in [-0.2, -0.15) is 10.4 Å². The smallest absolute Gasteiger partial charge is 0.333 e. The fourth-order valence-corrected chi connectivity index (χ4v) is 6.56. The SMILES string of the molecule is COC(=O)[C@@H](c1ccccc1Nc1c(Cl)cccc1Cl)n1ccc2c(-c3cnn([C@H](CC#N)C4CCCC4)c3)ncnc21. The van der Waals surface area contributed by atoms with E-state index in [1.165, 1.54) is 26.3 Å². The third-order valence-corrected chi connectivity index (χ3v) is 8.78. The van der Waals surface area contributed by atoms with Crippen LogP contribution in [0.4, 0.5) is 11.4 Å². The van der Waals surface area contributed by atoms with Gasteiger partial charge in [-0.3, -0.25) is 4.68 Å². The number of ether oxygens (including phenoxy) is 1. The second-order valence-electron chi connectivity index (χ2n) is 10.6. The van der Waals surface area contributed by atoms with Crippen molar-refractivity contribution in [3.05, 3.63) is 89.1 Å². The van der Waals surface area contributed by atoms with Gasteiger partial charge in [0.25, 0.3) is 0 Å². The molecule has 3 aromatic heterocycles. The molecule has 2 aromatic carbocycles. The van der Waals surface area contributed by atoms with Crippen molar-refractivity contribution in [2.45, 2.75) is 44.2 Å². The minimum Gasteiger partial charge on any atom is -0.467 e. The molecule has 1 fully saturated rings. The number of fused-ring (bicyclic) bond motifs is 1. The summed E-state index contributed by atoms with van der Waals surface area (Å²) in [5.41, 5.74) is 3.88. The van der Waals surface area contributed by atoms with Crippen molar-refractivity contribution in [2.24, 2.45) is 5.92 Å². The molecule has 1 aliphatic rings. The van der Waals surface area contributed by atoms with Crippen molar-refractivity contribution in [3.8, 4) is 17.3 Å². The van der Waals surface area contributed by atoms with Gasteiger partial charge in [0.05, 0.1) is 53.3 Å². The highest BCUT2D eigenvalue weighted by molar-refractivity contribution is 6.39. The van der Waals surface area contributed by atoms with Crippen LogP contribution in [0.3, 0.4) is 0 Å². The molecule has 0 saturated heterocycles. The van der Waals surface area contributed by atoms with Crippen LogP contribution in [-0.4, -0.2) is 37.4 Å². The first-order chi connectivity index (χ1) is 21.0. The fourth-order valence-electron chi connectivity index (χ4n) is 6.07. The first kappa shape index (κ1) is 28.7. The van der Waals surface area contributed by atoms with Crippen LogP contribution in [0.25, 0.3) is 22.3 Å². The number of nitriles is 1. The minimum atomic E-state index is -0.875. The van der Waals surface area contributed by atoms with E-state index >= 15 is 0 Å². The van der Waals surface area contributed by atoms with Crippen LogP contribution < -0.4 is 5.32 Å². The van der Waals surface area contributed by atoms with Crippen LogP contribution in [0.1, 0.15) is 49.8 Å². The molecule has 11 heteroatoms. The minimum absolute atomic E-state index is 0.0301. The highest BCUT2D eigenvalue weighted by Gasteiger charge is 2.30. The number of para-hydroxylation sites is 2. The van der Waals surface area contributed by atoms with E-state index in [2.05, 4.69) is 26.5 Å². The Balaban J connectivity index is 1.40. The van der Waals surface area contributed by atoms with Crippen molar-refractivity contribution in [1.29, 1.82) is 5.26 Å². The molecule has 0 bridgehead atoms. The maximum atomic E-state index is 13.4. The monoisotopic (exact) mass is 613 g/mol. The summed E-state index contributed by atoms with van der Waals surface area (Å²) in [5, 5.41) is 19.1. The lowest BCUT2D eigenvalue weighted by molar-refractivity contribution is -0.143. The predicted molar refractivity (Wildman–Crippen MR) is 166 cm³/mol. The van der Waals surface area contributed by atoms with Crippen molar-refractivity contribution in [1.82, 2.24) is 24.3 Å². The van der Waals surface area contributed by atoms with E-state index in [-0.39, 0.29) is 6.04 Å². The molecule has 43 heavy (non-hydrogen) atoms. The summed E-state index contributed by atoms with van der Waals surface area (Å²) in [4.78, 5) is 22.6. The number of carbonyl (C=O) groups excluding carboxylic acids is 1. The van der Waals surface area contributed by atoms with Crippen LogP contribution in [0.15, 0.2) is 73.4 Å².